The van der Waals surface area contributed by atoms with Crippen molar-refractivity contribution in [3.63, 3.8) is 0 Å². The van der Waals surface area contributed by atoms with Gasteiger partial charge in [0, 0.05) is 54.7 Å². The Morgan fingerprint density at radius 2 is 1.10 bits per heavy atom. The second-order valence-electron chi connectivity index (χ2n) is 14.9. The van der Waals surface area contributed by atoms with Crippen LogP contribution >= 0.6 is 0 Å². The lowest BCUT2D eigenvalue weighted by Crippen LogP contribution is -2.15. The van der Waals surface area contributed by atoms with Gasteiger partial charge in [-0.1, -0.05) is 123 Å². The zero-order valence-electron chi connectivity index (χ0n) is 28.8. The number of hydrogen-bond donors (Lipinski definition) is 0. The van der Waals surface area contributed by atoms with E-state index < -0.39 is 0 Å². The van der Waals surface area contributed by atoms with E-state index in [1.807, 2.05) is 0 Å². The minimum Gasteiger partial charge on any atom is -0.456 e. The van der Waals surface area contributed by atoms with E-state index in [4.69, 9.17) is 4.42 Å². The highest BCUT2D eigenvalue weighted by molar-refractivity contribution is 6.32. The number of furan rings is 1. The minimum atomic E-state index is -0.227. The first kappa shape index (κ1) is 28.2. The maximum Gasteiger partial charge on any atom is 0.136 e. The van der Waals surface area contributed by atoms with Crippen molar-refractivity contribution < 1.29 is 4.42 Å². The molecular weight excluding hydrogens is 633 g/mol. The Bertz CT molecular complexity index is 3320. The molecule has 0 atom stereocenters. The van der Waals surface area contributed by atoms with Crippen LogP contribution in [0, 0.1) is 0 Å². The maximum atomic E-state index is 6.50. The predicted octanol–water partition coefficient (Wildman–Crippen LogP) is 13.2. The summed E-state index contributed by atoms with van der Waals surface area (Å²) in [5.41, 5.74) is 14.2. The number of aromatic nitrogens is 2. The zero-order chi connectivity index (χ0) is 34.3. The van der Waals surface area contributed by atoms with Crippen molar-refractivity contribution in [3.05, 3.63) is 169 Å². The third-order valence-electron chi connectivity index (χ3n) is 11.8. The molecule has 0 radical (unpaired) electrons. The summed E-state index contributed by atoms with van der Waals surface area (Å²) in [6.07, 6.45) is 0. The van der Waals surface area contributed by atoms with Gasteiger partial charge < -0.3 is 13.6 Å². The molecule has 0 unspecified atom stereocenters. The largest absolute Gasteiger partial charge is 0.456 e. The standard InChI is InChI=1S/C49H32N2O/c1-49(2)37-21-11-8-18-33(37)43-46(49)44-34-19-9-12-22-38(34)50(30-15-4-3-5-16-30)48(44)45-35-20-10-13-23-39(35)51(47(43)45)31-25-27-40-36(28-31)42-32-17-7-6-14-29(32)24-26-41(42)52-40/h3-28H,1-2H3. The fraction of sp³-hybridized carbons (Fsp3) is 0.0612. The quantitative estimate of drug-likeness (QED) is 0.180. The molecule has 0 bridgehead atoms. The van der Waals surface area contributed by atoms with E-state index in [2.05, 4.69) is 181 Å². The van der Waals surface area contributed by atoms with Gasteiger partial charge in [-0.3, -0.25) is 0 Å². The fourth-order valence-electron chi connectivity index (χ4n) is 9.75. The smallest absolute Gasteiger partial charge is 0.136 e. The number of para-hydroxylation sites is 3. The van der Waals surface area contributed by atoms with Crippen molar-refractivity contribution in [2.24, 2.45) is 0 Å². The van der Waals surface area contributed by atoms with E-state index in [9.17, 15) is 0 Å². The van der Waals surface area contributed by atoms with Gasteiger partial charge in [-0.2, -0.15) is 0 Å². The van der Waals surface area contributed by atoms with Crippen LogP contribution in [-0.2, 0) is 5.41 Å². The Kier molecular flexibility index (Phi) is 5.31. The lowest BCUT2D eigenvalue weighted by atomic mass is 9.80. The molecule has 3 heteroatoms. The lowest BCUT2D eigenvalue weighted by Gasteiger charge is -2.23. The van der Waals surface area contributed by atoms with Gasteiger partial charge in [-0.25, -0.2) is 0 Å². The van der Waals surface area contributed by atoms with Gasteiger partial charge in [0.1, 0.15) is 11.2 Å². The summed E-state index contributed by atoms with van der Waals surface area (Å²) >= 11 is 0. The molecule has 8 aromatic carbocycles. The summed E-state index contributed by atoms with van der Waals surface area (Å²) in [4.78, 5) is 0. The first-order valence-electron chi connectivity index (χ1n) is 18.1. The lowest BCUT2D eigenvalue weighted by molar-refractivity contribution is 0.667. The monoisotopic (exact) mass is 664 g/mol. The average molecular weight is 665 g/mol. The summed E-state index contributed by atoms with van der Waals surface area (Å²) < 4.78 is 11.6. The molecule has 3 aromatic heterocycles. The third-order valence-corrected chi connectivity index (χ3v) is 11.8. The maximum absolute atomic E-state index is 6.50. The summed E-state index contributed by atoms with van der Waals surface area (Å²) in [7, 11) is 0. The van der Waals surface area contributed by atoms with Gasteiger partial charge in [0.15, 0.2) is 0 Å². The molecule has 11 aromatic rings. The first-order valence-corrected chi connectivity index (χ1v) is 18.1. The molecule has 52 heavy (non-hydrogen) atoms. The second kappa shape index (κ2) is 9.80. The van der Waals surface area contributed by atoms with Crippen LogP contribution in [0.5, 0.6) is 0 Å². The van der Waals surface area contributed by atoms with Crippen molar-refractivity contribution in [3.8, 4) is 22.5 Å². The van der Waals surface area contributed by atoms with Crippen molar-refractivity contribution in [2.45, 2.75) is 19.3 Å². The molecule has 1 aliphatic rings. The number of hydrogen-bond acceptors (Lipinski definition) is 1. The van der Waals surface area contributed by atoms with Crippen LogP contribution in [0.3, 0.4) is 0 Å². The fourth-order valence-corrected chi connectivity index (χ4v) is 9.75. The van der Waals surface area contributed by atoms with Crippen LogP contribution in [0.4, 0.5) is 0 Å². The summed E-state index contributed by atoms with van der Waals surface area (Å²) in [5, 5.41) is 9.88. The molecule has 12 rings (SSSR count). The highest BCUT2D eigenvalue weighted by atomic mass is 16.3. The minimum absolute atomic E-state index is 0.227. The SMILES string of the molecule is CC1(C)c2ccccc2-c2c1c1c3ccccc3n(-c3ccccc3)c1c1c3ccccc3n(-c3ccc4oc5ccc6ccccc6c5c4c3)c21. The van der Waals surface area contributed by atoms with Crippen LogP contribution in [0.1, 0.15) is 25.0 Å². The molecule has 1 aliphatic carbocycles. The van der Waals surface area contributed by atoms with Crippen molar-refractivity contribution in [1.82, 2.24) is 9.13 Å². The van der Waals surface area contributed by atoms with Gasteiger partial charge in [0.05, 0.1) is 22.1 Å². The zero-order valence-corrected chi connectivity index (χ0v) is 28.8. The average Bonchev–Trinajstić information content (AvgIpc) is 3.90. The summed E-state index contributed by atoms with van der Waals surface area (Å²) in [5.74, 6) is 0. The Morgan fingerprint density at radius 3 is 1.90 bits per heavy atom. The first-order chi connectivity index (χ1) is 25.6. The molecule has 0 spiro atoms. The van der Waals surface area contributed by atoms with Gasteiger partial charge in [-0.05, 0) is 76.0 Å². The summed E-state index contributed by atoms with van der Waals surface area (Å²) in [6, 6.07) is 57.6. The Balaban J connectivity index is 1.35. The van der Waals surface area contributed by atoms with Crippen molar-refractivity contribution in [1.29, 1.82) is 0 Å². The molecule has 0 saturated carbocycles. The molecular formula is C49H32N2O. The van der Waals surface area contributed by atoms with Crippen molar-refractivity contribution >= 4 is 76.3 Å². The summed E-state index contributed by atoms with van der Waals surface area (Å²) in [6.45, 7) is 4.83. The predicted molar refractivity (Wildman–Crippen MR) is 217 cm³/mol. The van der Waals surface area contributed by atoms with E-state index in [1.54, 1.807) is 0 Å². The molecule has 244 valence electrons. The molecule has 0 amide bonds. The number of nitrogens with zero attached hydrogens (tertiary/aromatic N) is 2. The van der Waals surface area contributed by atoms with Crippen LogP contribution in [0.2, 0.25) is 0 Å². The Hall–Kier alpha value is -6.58. The normalized spacial score (nSPS) is 13.7. The van der Waals surface area contributed by atoms with E-state index in [-0.39, 0.29) is 5.41 Å². The molecule has 3 heterocycles. The number of rotatable bonds is 2. The Labute approximate surface area is 299 Å². The van der Waals surface area contributed by atoms with Gasteiger partial charge >= 0.3 is 0 Å². The Morgan fingerprint density at radius 1 is 0.462 bits per heavy atom. The molecule has 0 aliphatic heterocycles. The highest BCUT2D eigenvalue weighted by Crippen LogP contribution is 2.58. The van der Waals surface area contributed by atoms with Crippen LogP contribution < -0.4 is 0 Å². The van der Waals surface area contributed by atoms with Crippen LogP contribution in [0.25, 0.3) is 98.8 Å². The molecule has 0 fully saturated rings. The highest BCUT2D eigenvalue weighted by Gasteiger charge is 2.41. The molecule has 3 nitrogen and oxygen atoms in total. The number of fused-ring (bicyclic) bond motifs is 17. The molecule has 0 saturated heterocycles. The molecule has 0 N–H and O–H groups in total. The topological polar surface area (TPSA) is 23.0 Å². The van der Waals surface area contributed by atoms with E-state index in [0.717, 1.165) is 22.2 Å². The van der Waals surface area contributed by atoms with Gasteiger partial charge in [-0.15, -0.1) is 0 Å². The van der Waals surface area contributed by atoms with Crippen molar-refractivity contribution in [2.75, 3.05) is 0 Å². The number of benzene rings is 8. The third kappa shape index (κ3) is 3.41. The van der Waals surface area contributed by atoms with Gasteiger partial charge in [0.25, 0.3) is 0 Å². The van der Waals surface area contributed by atoms with E-state index >= 15 is 0 Å². The van der Waals surface area contributed by atoms with E-state index in [0.29, 0.717) is 0 Å². The van der Waals surface area contributed by atoms with Crippen LogP contribution in [-0.4, -0.2) is 9.13 Å². The van der Waals surface area contributed by atoms with Gasteiger partial charge in [0.2, 0.25) is 0 Å². The van der Waals surface area contributed by atoms with Crippen LogP contribution in [0.15, 0.2) is 162 Å². The second-order valence-corrected chi connectivity index (χ2v) is 14.9. The van der Waals surface area contributed by atoms with E-state index in [1.165, 1.54) is 87.7 Å².